The summed E-state index contributed by atoms with van der Waals surface area (Å²) in [5, 5.41) is 7.60. The van der Waals surface area contributed by atoms with E-state index in [1.165, 1.54) is 18.5 Å². The Morgan fingerprint density at radius 3 is 2.45 bits per heavy atom. The van der Waals surface area contributed by atoms with Gasteiger partial charge in [0.15, 0.2) is 0 Å². The van der Waals surface area contributed by atoms with Gasteiger partial charge in [-0.25, -0.2) is 14.4 Å². The average Bonchev–Trinajstić information content (AvgIpc) is 3.18. The molecule has 1 amide bonds. The summed E-state index contributed by atoms with van der Waals surface area (Å²) in [5.74, 6) is -1.35. The van der Waals surface area contributed by atoms with Crippen LogP contribution in [0.4, 0.5) is 10.3 Å². The van der Waals surface area contributed by atoms with Crippen LogP contribution in [-0.4, -0.2) is 21.0 Å². The van der Waals surface area contributed by atoms with Gasteiger partial charge >= 0.3 is 0 Å². The molecule has 0 radical (unpaired) electrons. The Morgan fingerprint density at radius 1 is 1.10 bits per heavy atom. The first-order valence-corrected chi connectivity index (χ1v) is 9.98. The zero-order valence-corrected chi connectivity index (χ0v) is 17.7. The van der Waals surface area contributed by atoms with Crippen LogP contribution in [0.5, 0.6) is 0 Å². The highest BCUT2D eigenvalue weighted by Gasteiger charge is 2.26. The van der Waals surface area contributed by atoms with Crippen LogP contribution in [0.15, 0.2) is 65.6 Å². The standard InChI is InChI=1S/C22H15Cl2FN4O2/c1-12(18-15(23)3-2-4-16(18)24)21(30)28-22-19(17-9-10-26-11-27-17)20(29-31-22)13-5-7-14(25)8-6-13/h2-12H,1H3,(H,28,30). The first kappa shape index (κ1) is 21.0. The largest absolute Gasteiger partial charge is 0.337 e. The first-order valence-electron chi connectivity index (χ1n) is 9.22. The lowest BCUT2D eigenvalue weighted by atomic mass is 9.99. The van der Waals surface area contributed by atoms with Crippen LogP contribution < -0.4 is 5.32 Å². The molecule has 9 heteroatoms. The second-order valence-corrected chi connectivity index (χ2v) is 7.50. The number of anilines is 1. The summed E-state index contributed by atoms with van der Waals surface area (Å²) in [6.45, 7) is 1.68. The lowest BCUT2D eigenvalue weighted by Crippen LogP contribution is -2.19. The fraction of sp³-hybridized carbons (Fsp3) is 0.0909. The van der Waals surface area contributed by atoms with Gasteiger partial charge in [-0.3, -0.25) is 10.1 Å². The van der Waals surface area contributed by atoms with Gasteiger partial charge in [0.1, 0.15) is 17.8 Å². The summed E-state index contributed by atoms with van der Waals surface area (Å²) in [5.41, 5.74) is 2.43. The molecule has 1 unspecified atom stereocenters. The van der Waals surface area contributed by atoms with Crippen LogP contribution in [0.1, 0.15) is 18.4 Å². The highest BCUT2D eigenvalue weighted by Crippen LogP contribution is 2.38. The molecule has 2 heterocycles. The Balaban J connectivity index is 1.73. The van der Waals surface area contributed by atoms with E-state index in [4.69, 9.17) is 27.7 Å². The van der Waals surface area contributed by atoms with Gasteiger partial charge in [-0.2, -0.15) is 0 Å². The van der Waals surface area contributed by atoms with Crippen molar-refractivity contribution in [3.63, 3.8) is 0 Å². The van der Waals surface area contributed by atoms with E-state index in [9.17, 15) is 9.18 Å². The number of aromatic nitrogens is 3. The van der Waals surface area contributed by atoms with Crippen molar-refractivity contribution in [2.45, 2.75) is 12.8 Å². The number of rotatable bonds is 5. The maximum absolute atomic E-state index is 13.4. The van der Waals surface area contributed by atoms with Crippen LogP contribution in [-0.2, 0) is 4.79 Å². The minimum absolute atomic E-state index is 0.0954. The van der Waals surface area contributed by atoms with E-state index < -0.39 is 11.8 Å². The minimum atomic E-state index is -0.668. The molecule has 4 aromatic rings. The average molecular weight is 457 g/mol. The van der Waals surface area contributed by atoms with Gasteiger partial charge in [0, 0.05) is 27.4 Å². The Labute approximate surface area is 187 Å². The van der Waals surface area contributed by atoms with E-state index in [1.807, 2.05) is 0 Å². The lowest BCUT2D eigenvalue weighted by molar-refractivity contribution is -0.117. The van der Waals surface area contributed by atoms with Gasteiger partial charge in [-0.15, -0.1) is 0 Å². The zero-order chi connectivity index (χ0) is 22.0. The number of hydrogen-bond donors (Lipinski definition) is 1. The molecule has 4 rings (SSSR count). The molecule has 31 heavy (non-hydrogen) atoms. The van der Waals surface area contributed by atoms with Crippen LogP contribution in [0, 0.1) is 5.82 Å². The second-order valence-electron chi connectivity index (χ2n) is 6.68. The first-order chi connectivity index (χ1) is 15.0. The lowest BCUT2D eigenvalue weighted by Gasteiger charge is -2.15. The molecule has 0 aliphatic rings. The molecular weight excluding hydrogens is 442 g/mol. The number of halogens is 3. The summed E-state index contributed by atoms with van der Waals surface area (Å²) >= 11 is 12.5. The quantitative estimate of drug-likeness (QED) is 0.398. The van der Waals surface area contributed by atoms with Gasteiger partial charge in [0.2, 0.25) is 11.8 Å². The van der Waals surface area contributed by atoms with Crippen LogP contribution in [0.25, 0.3) is 22.5 Å². The van der Waals surface area contributed by atoms with Crippen molar-refractivity contribution in [1.82, 2.24) is 15.1 Å². The molecule has 1 N–H and O–H groups in total. The molecule has 0 aliphatic carbocycles. The summed E-state index contributed by atoms with van der Waals surface area (Å²) in [7, 11) is 0. The predicted molar refractivity (Wildman–Crippen MR) is 116 cm³/mol. The Morgan fingerprint density at radius 2 is 1.81 bits per heavy atom. The number of carbonyl (C=O) groups excluding carboxylic acids is 1. The molecule has 0 fully saturated rings. The van der Waals surface area contributed by atoms with Crippen molar-refractivity contribution in [3.8, 4) is 22.5 Å². The van der Waals surface area contributed by atoms with E-state index >= 15 is 0 Å². The van der Waals surface area contributed by atoms with E-state index in [0.29, 0.717) is 38.1 Å². The summed E-state index contributed by atoms with van der Waals surface area (Å²) in [6.07, 6.45) is 2.93. The zero-order valence-electron chi connectivity index (χ0n) is 16.1. The number of carbonyl (C=O) groups is 1. The fourth-order valence-electron chi connectivity index (χ4n) is 3.13. The van der Waals surface area contributed by atoms with E-state index in [-0.39, 0.29) is 11.7 Å². The second kappa shape index (κ2) is 8.83. The summed E-state index contributed by atoms with van der Waals surface area (Å²) in [4.78, 5) is 21.2. The molecule has 1 atom stereocenters. The van der Waals surface area contributed by atoms with Crippen molar-refractivity contribution in [1.29, 1.82) is 0 Å². The van der Waals surface area contributed by atoms with Crippen molar-refractivity contribution in [2.75, 3.05) is 5.32 Å². The van der Waals surface area contributed by atoms with Crippen LogP contribution in [0.3, 0.4) is 0 Å². The molecule has 0 saturated carbocycles. The molecule has 156 valence electrons. The molecular formula is C22H15Cl2FN4O2. The molecule has 2 aromatic carbocycles. The van der Waals surface area contributed by atoms with Crippen molar-refractivity contribution >= 4 is 35.0 Å². The smallest absolute Gasteiger partial charge is 0.241 e. The number of benzene rings is 2. The summed E-state index contributed by atoms with van der Waals surface area (Å²) in [6, 6.07) is 12.5. The highest BCUT2D eigenvalue weighted by molar-refractivity contribution is 6.36. The third-order valence-electron chi connectivity index (χ3n) is 4.71. The SMILES string of the molecule is CC(C(=O)Nc1onc(-c2ccc(F)cc2)c1-c1ccncn1)c1c(Cl)cccc1Cl. The van der Waals surface area contributed by atoms with Gasteiger partial charge in [-0.05, 0) is 49.4 Å². The highest BCUT2D eigenvalue weighted by atomic mass is 35.5. The third-order valence-corrected chi connectivity index (χ3v) is 5.37. The van der Waals surface area contributed by atoms with Gasteiger partial charge in [0.05, 0.1) is 17.2 Å². The topological polar surface area (TPSA) is 80.9 Å². The van der Waals surface area contributed by atoms with Gasteiger partial charge < -0.3 is 4.52 Å². The normalized spacial score (nSPS) is 11.9. The Kier molecular flexibility index (Phi) is 5.97. The molecule has 6 nitrogen and oxygen atoms in total. The minimum Gasteiger partial charge on any atom is -0.337 e. The number of hydrogen-bond acceptors (Lipinski definition) is 5. The molecule has 0 saturated heterocycles. The maximum atomic E-state index is 13.4. The van der Waals surface area contributed by atoms with E-state index in [2.05, 4.69) is 20.4 Å². The fourth-order valence-corrected chi connectivity index (χ4v) is 3.86. The molecule has 0 spiro atoms. The predicted octanol–water partition coefficient (Wildman–Crippen LogP) is 5.99. The van der Waals surface area contributed by atoms with Crippen LogP contribution in [0.2, 0.25) is 10.0 Å². The van der Waals surface area contributed by atoms with E-state index in [1.54, 1.807) is 49.5 Å². The number of nitrogens with zero attached hydrogens (tertiary/aromatic N) is 3. The summed E-state index contributed by atoms with van der Waals surface area (Å²) < 4.78 is 18.8. The molecule has 0 aliphatic heterocycles. The third kappa shape index (κ3) is 4.28. The van der Waals surface area contributed by atoms with Crippen molar-refractivity contribution in [2.24, 2.45) is 0 Å². The van der Waals surface area contributed by atoms with Crippen molar-refractivity contribution < 1.29 is 13.7 Å². The maximum Gasteiger partial charge on any atom is 0.241 e. The van der Waals surface area contributed by atoms with Gasteiger partial charge in [-0.1, -0.05) is 34.4 Å². The van der Waals surface area contributed by atoms with E-state index in [0.717, 1.165) is 0 Å². The van der Waals surface area contributed by atoms with Crippen molar-refractivity contribution in [3.05, 3.63) is 82.5 Å². The number of amides is 1. The molecule has 2 aromatic heterocycles. The van der Waals surface area contributed by atoms with Crippen LogP contribution >= 0.6 is 23.2 Å². The van der Waals surface area contributed by atoms with Gasteiger partial charge in [0.25, 0.3) is 0 Å². The monoisotopic (exact) mass is 456 g/mol. The number of nitrogens with one attached hydrogen (secondary N) is 1. The Bertz CT molecular complexity index is 1210. The Hall–Kier alpha value is -3.29. The molecule has 0 bridgehead atoms.